The number of hydrogen-bond acceptors (Lipinski definition) is 5. The third-order valence-electron chi connectivity index (χ3n) is 3.42. The van der Waals surface area contributed by atoms with E-state index in [1.807, 2.05) is 6.92 Å². The highest BCUT2D eigenvalue weighted by molar-refractivity contribution is 7.89. The molecule has 9 heteroatoms. The van der Waals surface area contributed by atoms with Crippen LogP contribution in [-0.4, -0.2) is 44.9 Å². The van der Waals surface area contributed by atoms with Crippen molar-refractivity contribution in [3.05, 3.63) is 29.8 Å². The Morgan fingerprint density at radius 3 is 2.17 bits per heavy atom. The van der Waals surface area contributed by atoms with Crippen LogP contribution in [0.4, 0.5) is 4.79 Å². The number of primary sulfonamides is 1. The largest absolute Gasteiger partial charge is 0.336 e. The summed E-state index contributed by atoms with van der Waals surface area (Å²) >= 11 is 0. The van der Waals surface area contributed by atoms with E-state index in [0.29, 0.717) is 0 Å². The van der Waals surface area contributed by atoms with Crippen molar-refractivity contribution in [1.29, 1.82) is 0 Å². The summed E-state index contributed by atoms with van der Waals surface area (Å²) in [7, 11) is -2.00. The molecule has 4 N–H and O–H groups in total. The fourth-order valence-corrected chi connectivity index (χ4v) is 2.53. The molecule has 0 saturated heterocycles. The Morgan fingerprint density at radius 2 is 1.71 bits per heavy atom. The van der Waals surface area contributed by atoms with Gasteiger partial charge in [-0.2, -0.15) is 0 Å². The molecule has 1 aromatic rings. The Bertz CT molecular complexity index is 686. The number of benzene rings is 1. The number of likely N-dealkylation sites (N-methyl/N-ethyl adjacent to an activating group) is 1. The lowest BCUT2D eigenvalue weighted by molar-refractivity contribution is -0.121. The normalized spacial score (nSPS) is 13.0. The van der Waals surface area contributed by atoms with Gasteiger partial charge in [-0.25, -0.2) is 18.4 Å². The lowest BCUT2D eigenvalue weighted by Gasteiger charge is -2.24. The maximum Gasteiger partial charge on any atom is 0.321 e. The van der Waals surface area contributed by atoms with Crippen LogP contribution in [0.1, 0.15) is 32.4 Å². The molecule has 1 rings (SSSR count). The number of amides is 3. The molecule has 0 saturated carbocycles. The predicted octanol–water partition coefficient (Wildman–Crippen LogP) is 0.561. The van der Waals surface area contributed by atoms with E-state index < -0.39 is 22.0 Å². The van der Waals surface area contributed by atoms with E-state index >= 15 is 0 Å². The average molecular weight is 356 g/mol. The van der Waals surface area contributed by atoms with Crippen LogP contribution in [0, 0.1) is 0 Å². The molecule has 1 aromatic carbocycles. The van der Waals surface area contributed by atoms with Crippen molar-refractivity contribution in [1.82, 2.24) is 15.5 Å². The van der Waals surface area contributed by atoms with Crippen LogP contribution in [0.3, 0.4) is 0 Å². The van der Waals surface area contributed by atoms with Gasteiger partial charge in [0.2, 0.25) is 15.9 Å². The molecule has 0 fully saturated rings. The molecule has 0 aliphatic heterocycles. The monoisotopic (exact) mass is 356 g/mol. The SMILES string of the molecule is CC(C)NC(=O)NC(=O)CN(C)C(C)c1ccc(S(N)(=O)=O)cc1. The predicted molar refractivity (Wildman–Crippen MR) is 90.7 cm³/mol. The summed E-state index contributed by atoms with van der Waals surface area (Å²) in [5.74, 6) is -0.427. The number of hydrogen-bond donors (Lipinski definition) is 3. The number of carbonyl (C=O) groups is 2. The molecule has 1 unspecified atom stereocenters. The molecule has 1 atom stereocenters. The van der Waals surface area contributed by atoms with Gasteiger partial charge >= 0.3 is 6.03 Å². The first-order valence-corrected chi connectivity index (χ1v) is 8.98. The third kappa shape index (κ3) is 6.26. The zero-order chi connectivity index (χ0) is 18.5. The lowest BCUT2D eigenvalue weighted by Crippen LogP contribution is -2.46. The van der Waals surface area contributed by atoms with E-state index in [1.165, 1.54) is 12.1 Å². The van der Waals surface area contributed by atoms with Crippen molar-refractivity contribution in [3.63, 3.8) is 0 Å². The fourth-order valence-electron chi connectivity index (χ4n) is 2.02. The first-order valence-electron chi connectivity index (χ1n) is 7.44. The van der Waals surface area contributed by atoms with Gasteiger partial charge in [-0.15, -0.1) is 0 Å². The van der Waals surface area contributed by atoms with Crippen molar-refractivity contribution < 1.29 is 18.0 Å². The van der Waals surface area contributed by atoms with Crippen LogP contribution in [0.2, 0.25) is 0 Å². The summed E-state index contributed by atoms with van der Waals surface area (Å²) in [4.78, 5) is 25.1. The number of nitrogens with zero attached hydrogens (tertiary/aromatic N) is 1. The average Bonchev–Trinajstić information content (AvgIpc) is 2.44. The van der Waals surface area contributed by atoms with Crippen molar-refractivity contribution in [2.24, 2.45) is 5.14 Å². The maximum atomic E-state index is 11.9. The van der Waals surface area contributed by atoms with E-state index in [-0.39, 0.29) is 23.5 Å². The Hall–Kier alpha value is -1.97. The maximum absolute atomic E-state index is 11.9. The zero-order valence-corrected chi connectivity index (χ0v) is 15.1. The standard InChI is InChI=1S/C15H24N4O4S/c1-10(2)17-15(21)18-14(20)9-19(4)11(3)12-5-7-13(8-6-12)24(16,22)23/h5-8,10-11H,9H2,1-4H3,(H2,16,22,23)(H2,17,18,20,21). The number of rotatable bonds is 6. The van der Waals surface area contributed by atoms with Crippen LogP contribution < -0.4 is 15.8 Å². The highest BCUT2D eigenvalue weighted by atomic mass is 32.2. The van der Waals surface area contributed by atoms with Crippen LogP contribution in [0.15, 0.2) is 29.2 Å². The molecule has 0 radical (unpaired) electrons. The second-order valence-electron chi connectivity index (χ2n) is 5.88. The van der Waals surface area contributed by atoms with E-state index in [2.05, 4.69) is 10.6 Å². The molecular formula is C15H24N4O4S. The van der Waals surface area contributed by atoms with Gasteiger partial charge in [0.25, 0.3) is 0 Å². The van der Waals surface area contributed by atoms with Crippen LogP contribution >= 0.6 is 0 Å². The molecule has 8 nitrogen and oxygen atoms in total. The summed E-state index contributed by atoms with van der Waals surface area (Å²) < 4.78 is 22.5. The summed E-state index contributed by atoms with van der Waals surface area (Å²) in [6.07, 6.45) is 0. The highest BCUT2D eigenvalue weighted by Gasteiger charge is 2.17. The number of imide groups is 1. The molecule has 3 amide bonds. The van der Waals surface area contributed by atoms with Gasteiger partial charge in [-0.05, 0) is 45.5 Å². The molecule has 0 aliphatic rings. The molecule has 0 heterocycles. The Kier molecular flexibility index (Phi) is 6.88. The molecule has 0 aromatic heterocycles. The topological polar surface area (TPSA) is 122 Å². The van der Waals surface area contributed by atoms with Crippen LogP contribution in [-0.2, 0) is 14.8 Å². The van der Waals surface area contributed by atoms with Gasteiger partial charge in [0, 0.05) is 12.1 Å². The first kappa shape index (κ1) is 20.1. The van der Waals surface area contributed by atoms with Gasteiger partial charge in [0.15, 0.2) is 0 Å². The first-order chi connectivity index (χ1) is 11.0. The Morgan fingerprint density at radius 1 is 1.17 bits per heavy atom. The van der Waals surface area contributed by atoms with E-state index in [0.717, 1.165) is 5.56 Å². The molecule has 0 spiro atoms. The summed E-state index contributed by atoms with van der Waals surface area (Å²) in [5, 5.41) is 9.88. The molecule has 134 valence electrons. The Labute approximate surface area is 142 Å². The second-order valence-corrected chi connectivity index (χ2v) is 7.44. The van der Waals surface area contributed by atoms with Crippen molar-refractivity contribution >= 4 is 22.0 Å². The number of sulfonamides is 1. The third-order valence-corrected chi connectivity index (χ3v) is 4.35. The zero-order valence-electron chi connectivity index (χ0n) is 14.2. The minimum Gasteiger partial charge on any atom is -0.336 e. The fraction of sp³-hybridized carbons (Fsp3) is 0.467. The van der Waals surface area contributed by atoms with Crippen molar-refractivity contribution in [3.8, 4) is 0 Å². The summed E-state index contributed by atoms with van der Waals surface area (Å²) in [5.41, 5.74) is 0.823. The van der Waals surface area contributed by atoms with E-state index in [9.17, 15) is 18.0 Å². The van der Waals surface area contributed by atoms with Crippen LogP contribution in [0.25, 0.3) is 0 Å². The minimum atomic E-state index is -3.73. The van der Waals surface area contributed by atoms with Crippen molar-refractivity contribution in [2.75, 3.05) is 13.6 Å². The number of carbonyl (C=O) groups excluding carboxylic acids is 2. The quantitative estimate of drug-likeness (QED) is 0.687. The van der Waals surface area contributed by atoms with Gasteiger partial charge < -0.3 is 5.32 Å². The molecule has 24 heavy (non-hydrogen) atoms. The lowest BCUT2D eigenvalue weighted by atomic mass is 10.1. The van der Waals surface area contributed by atoms with Gasteiger partial charge in [0.05, 0.1) is 11.4 Å². The summed E-state index contributed by atoms with van der Waals surface area (Å²) in [6, 6.07) is 5.38. The number of nitrogens with two attached hydrogens (primary N) is 1. The highest BCUT2D eigenvalue weighted by Crippen LogP contribution is 2.20. The molecular weight excluding hydrogens is 332 g/mol. The van der Waals surface area contributed by atoms with Gasteiger partial charge in [-0.1, -0.05) is 12.1 Å². The number of nitrogens with one attached hydrogen (secondary N) is 2. The van der Waals surface area contributed by atoms with Crippen molar-refractivity contribution in [2.45, 2.75) is 37.8 Å². The van der Waals surface area contributed by atoms with Crippen LogP contribution in [0.5, 0.6) is 0 Å². The Balaban J connectivity index is 2.65. The smallest absolute Gasteiger partial charge is 0.321 e. The van der Waals surface area contributed by atoms with Gasteiger partial charge in [-0.3, -0.25) is 15.0 Å². The number of urea groups is 1. The van der Waals surface area contributed by atoms with E-state index in [4.69, 9.17) is 5.14 Å². The second kappa shape index (κ2) is 8.22. The minimum absolute atomic E-state index is 0.0175. The molecule has 0 bridgehead atoms. The van der Waals surface area contributed by atoms with Gasteiger partial charge in [0.1, 0.15) is 0 Å². The molecule has 0 aliphatic carbocycles. The van der Waals surface area contributed by atoms with E-state index in [1.54, 1.807) is 37.9 Å². The summed E-state index contributed by atoms with van der Waals surface area (Å²) in [6.45, 7) is 5.48.